The van der Waals surface area contributed by atoms with Crippen LogP contribution in [0, 0.1) is 5.41 Å². The van der Waals surface area contributed by atoms with Crippen LogP contribution in [0.2, 0.25) is 0 Å². The molecule has 0 radical (unpaired) electrons. The molecule has 2 aliphatic carbocycles. The van der Waals surface area contributed by atoms with E-state index in [4.69, 9.17) is 0 Å². The number of anilines is 4. The van der Waals surface area contributed by atoms with Crippen molar-refractivity contribution < 1.29 is 0 Å². The van der Waals surface area contributed by atoms with Crippen LogP contribution in [0.5, 0.6) is 0 Å². The zero-order valence-corrected chi connectivity index (χ0v) is 29.0. The maximum atomic E-state index is 2.67. The van der Waals surface area contributed by atoms with Crippen LogP contribution in [0.15, 0.2) is 175 Å². The summed E-state index contributed by atoms with van der Waals surface area (Å²) in [5, 5.41) is 4.99. The lowest BCUT2D eigenvalue weighted by molar-refractivity contribution is 0.503. The minimum absolute atomic E-state index is 0.0779. The number of fused-ring (bicyclic) bond motifs is 5. The molecule has 2 nitrogen and oxygen atoms in total. The second kappa shape index (κ2) is 12.1. The third kappa shape index (κ3) is 5.01. The van der Waals surface area contributed by atoms with Crippen molar-refractivity contribution in [3.63, 3.8) is 0 Å². The van der Waals surface area contributed by atoms with E-state index in [0.717, 1.165) is 12.1 Å². The second-order valence-corrected chi connectivity index (χ2v) is 14.9. The van der Waals surface area contributed by atoms with Gasteiger partial charge < -0.3 is 9.80 Å². The van der Waals surface area contributed by atoms with Gasteiger partial charge in [0, 0.05) is 33.8 Å². The van der Waals surface area contributed by atoms with E-state index in [2.05, 4.69) is 200 Å². The third-order valence-corrected chi connectivity index (χ3v) is 10.8. The van der Waals surface area contributed by atoms with E-state index in [9.17, 15) is 0 Å². The van der Waals surface area contributed by atoms with E-state index in [1.54, 1.807) is 0 Å². The van der Waals surface area contributed by atoms with Gasteiger partial charge >= 0.3 is 0 Å². The van der Waals surface area contributed by atoms with Crippen molar-refractivity contribution in [2.45, 2.75) is 45.2 Å². The molecule has 6 aromatic rings. The molecule has 9 rings (SSSR count). The van der Waals surface area contributed by atoms with Gasteiger partial charge in [-0.1, -0.05) is 160 Å². The molecule has 0 saturated carbocycles. The molecular weight excluding hydrogens is 605 g/mol. The van der Waals surface area contributed by atoms with Gasteiger partial charge in [-0.15, -0.1) is 0 Å². The zero-order chi connectivity index (χ0) is 33.8. The smallest absolute Gasteiger partial charge is 0.0618 e. The average molecular weight is 647 g/mol. The van der Waals surface area contributed by atoms with E-state index in [-0.39, 0.29) is 17.4 Å². The Morgan fingerprint density at radius 3 is 1.92 bits per heavy atom. The van der Waals surface area contributed by atoms with Crippen molar-refractivity contribution in [2.24, 2.45) is 5.41 Å². The van der Waals surface area contributed by atoms with Gasteiger partial charge in [0.25, 0.3) is 0 Å². The fraction of sp³-hybridized carbons (Fsp3) is 0.167. The number of nitrogens with zero attached hydrogens (tertiary/aromatic N) is 2. The highest BCUT2D eigenvalue weighted by Gasteiger charge is 2.41. The molecule has 1 aliphatic heterocycles. The fourth-order valence-electron chi connectivity index (χ4n) is 8.47. The highest BCUT2D eigenvalue weighted by Crippen LogP contribution is 2.52. The van der Waals surface area contributed by atoms with Gasteiger partial charge in [-0.25, -0.2) is 0 Å². The normalized spacial score (nSPS) is 19.5. The molecule has 3 atom stereocenters. The van der Waals surface area contributed by atoms with Crippen molar-refractivity contribution in [1.82, 2.24) is 0 Å². The Hall–Kier alpha value is -5.60. The largest absolute Gasteiger partial charge is 0.357 e. The predicted octanol–water partition coefficient (Wildman–Crippen LogP) is 12.8. The van der Waals surface area contributed by atoms with Crippen LogP contribution < -0.4 is 9.80 Å². The molecule has 0 amide bonds. The van der Waals surface area contributed by atoms with Crippen molar-refractivity contribution in [1.29, 1.82) is 0 Å². The van der Waals surface area contributed by atoms with Crippen LogP contribution in [0.3, 0.4) is 0 Å². The number of allylic oxidation sites excluding steroid dienone is 4. The van der Waals surface area contributed by atoms with Crippen molar-refractivity contribution in [3.05, 3.63) is 181 Å². The van der Waals surface area contributed by atoms with E-state index in [0.29, 0.717) is 6.04 Å². The van der Waals surface area contributed by atoms with Gasteiger partial charge in [0.15, 0.2) is 0 Å². The number of hydrogen-bond donors (Lipinski definition) is 0. The molecule has 3 aliphatic rings. The van der Waals surface area contributed by atoms with Gasteiger partial charge in [0.05, 0.1) is 17.8 Å². The second-order valence-electron chi connectivity index (χ2n) is 14.9. The summed E-state index contributed by atoms with van der Waals surface area (Å²) in [6.45, 7) is 6.98. The molecule has 1 heterocycles. The van der Waals surface area contributed by atoms with Crippen molar-refractivity contribution in [2.75, 3.05) is 9.80 Å². The van der Waals surface area contributed by atoms with Crippen LogP contribution in [0.25, 0.3) is 32.7 Å². The molecule has 3 unspecified atom stereocenters. The van der Waals surface area contributed by atoms with Crippen LogP contribution in [0.4, 0.5) is 22.7 Å². The molecule has 0 saturated heterocycles. The topological polar surface area (TPSA) is 6.48 Å². The highest BCUT2D eigenvalue weighted by atomic mass is 15.2. The third-order valence-electron chi connectivity index (χ3n) is 10.8. The van der Waals surface area contributed by atoms with Crippen LogP contribution in [0.1, 0.15) is 38.7 Å². The van der Waals surface area contributed by atoms with Gasteiger partial charge in [-0.3, -0.25) is 0 Å². The Morgan fingerprint density at radius 1 is 0.640 bits per heavy atom. The fourth-order valence-corrected chi connectivity index (χ4v) is 8.47. The summed E-state index contributed by atoms with van der Waals surface area (Å²) in [6.07, 6.45) is 17.5. The molecule has 0 spiro atoms. The molecule has 0 aromatic heterocycles. The van der Waals surface area contributed by atoms with Crippen molar-refractivity contribution >= 4 is 44.3 Å². The van der Waals surface area contributed by atoms with Crippen LogP contribution in [-0.2, 0) is 0 Å². The lowest BCUT2D eigenvalue weighted by atomic mass is 9.78. The summed E-state index contributed by atoms with van der Waals surface area (Å²) in [7, 11) is 0. The summed E-state index contributed by atoms with van der Waals surface area (Å²) in [4.78, 5) is 5.18. The lowest BCUT2D eigenvalue weighted by Crippen LogP contribution is -2.41. The predicted molar refractivity (Wildman–Crippen MR) is 214 cm³/mol. The van der Waals surface area contributed by atoms with Gasteiger partial charge in [-0.05, 0) is 75.2 Å². The summed E-state index contributed by atoms with van der Waals surface area (Å²) < 4.78 is 0. The first kappa shape index (κ1) is 30.5. The average Bonchev–Trinajstić information content (AvgIpc) is 3.48. The molecule has 6 aromatic carbocycles. The number of hydrogen-bond acceptors (Lipinski definition) is 2. The van der Waals surface area contributed by atoms with E-state index in [1.807, 2.05) is 0 Å². The number of para-hydroxylation sites is 1. The lowest BCUT2D eigenvalue weighted by Gasteiger charge is -2.36. The Kier molecular flexibility index (Phi) is 7.35. The Balaban J connectivity index is 1.30. The first-order valence-electron chi connectivity index (χ1n) is 18.0. The quantitative estimate of drug-likeness (QED) is 0.172. The zero-order valence-electron chi connectivity index (χ0n) is 29.0. The SMILES string of the molecule is CC(C)(C)C1=CC2c3cc(N(c4ccccc4)c4c5ccccc5c(-c5ccccc5)c5ccccc45)ccc3N(C3C=CC=CC3)C2C=C1. The summed E-state index contributed by atoms with van der Waals surface area (Å²) >= 11 is 0. The first-order valence-corrected chi connectivity index (χ1v) is 18.0. The number of rotatable bonds is 5. The van der Waals surface area contributed by atoms with Gasteiger partial charge in [-0.2, -0.15) is 0 Å². The minimum Gasteiger partial charge on any atom is -0.357 e. The van der Waals surface area contributed by atoms with Crippen LogP contribution >= 0.6 is 0 Å². The maximum absolute atomic E-state index is 2.67. The molecule has 50 heavy (non-hydrogen) atoms. The summed E-state index contributed by atoms with van der Waals surface area (Å²) in [5.41, 5.74) is 10.3. The monoisotopic (exact) mass is 646 g/mol. The molecule has 0 fully saturated rings. The van der Waals surface area contributed by atoms with Gasteiger partial charge in [0.2, 0.25) is 0 Å². The van der Waals surface area contributed by atoms with E-state index >= 15 is 0 Å². The van der Waals surface area contributed by atoms with Crippen LogP contribution in [-0.4, -0.2) is 12.1 Å². The van der Waals surface area contributed by atoms with Crippen molar-refractivity contribution in [3.8, 4) is 11.1 Å². The highest BCUT2D eigenvalue weighted by molar-refractivity contribution is 6.22. The summed E-state index contributed by atoms with van der Waals surface area (Å²) in [6, 6.07) is 47.5. The van der Waals surface area contributed by atoms with E-state index < -0.39 is 0 Å². The standard InChI is InChI=1S/C48H42N2/c1-48(2,3)34-27-29-44-42(31-34)43-32-37(28-30-45(43)50(44)36-21-11-6-12-22-36)49(35-19-9-5-10-20-35)47-40-25-15-13-23-38(40)46(33-17-7-4-8-18-33)39-24-14-16-26-41(39)47/h4-21,23-32,36,42,44H,22H2,1-3H3. The Labute approximate surface area is 296 Å². The van der Waals surface area contributed by atoms with E-state index in [1.165, 1.54) is 60.9 Å². The molecule has 244 valence electrons. The summed E-state index contributed by atoms with van der Waals surface area (Å²) in [5.74, 6) is 0.273. The molecule has 0 bridgehead atoms. The molecular formula is C48H42N2. The first-order chi connectivity index (χ1) is 24.5. The minimum atomic E-state index is 0.0779. The van der Waals surface area contributed by atoms with Gasteiger partial charge in [0.1, 0.15) is 0 Å². The molecule has 0 N–H and O–H groups in total. The number of benzene rings is 6. The maximum Gasteiger partial charge on any atom is 0.0618 e. The Morgan fingerprint density at radius 2 is 1.28 bits per heavy atom. The Bertz CT molecular complexity index is 2300. The molecule has 2 heteroatoms.